The third kappa shape index (κ3) is 7.08. The molecule has 1 saturated carbocycles. The molecule has 2 aromatic rings. The molecule has 2 aromatic carbocycles. The van der Waals surface area contributed by atoms with Crippen LogP contribution in [-0.2, 0) is 16.8 Å². The maximum absolute atomic E-state index is 12.9. The highest BCUT2D eigenvalue weighted by Crippen LogP contribution is 2.43. The molecule has 34 heavy (non-hydrogen) atoms. The van der Waals surface area contributed by atoms with Crippen LogP contribution in [0, 0.1) is 5.92 Å². The van der Waals surface area contributed by atoms with E-state index >= 15 is 0 Å². The van der Waals surface area contributed by atoms with Gasteiger partial charge in [-0.1, -0.05) is 101 Å². The van der Waals surface area contributed by atoms with Gasteiger partial charge in [0, 0.05) is 12.3 Å². The van der Waals surface area contributed by atoms with Crippen LogP contribution in [0.3, 0.4) is 0 Å². The Bertz CT molecular complexity index is 925. The number of ether oxygens (including phenoxy) is 1. The van der Waals surface area contributed by atoms with Gasteiger partial charge in [0.25, 0.3) is 0 Å². The monoisotopic (exact) mass is 460 g/mol. The van der Waals surface area contributed by atoms with Gasteiger partial charge < -0.3 is 4.74 Å². The minimum atomic E-state index is 0.0527. The minimum absolute atomic E-state index is 0.0527. The average molecular weight is 461 g/mol. The van der Waals surface area contributed by atoms with Crippen LogP contribution in [0.1, 0.15) is 108 Å². The summed E-state index contributed by atoms with van der Waals surface area (Å²) < 4.78 is 6.51. The van der Waals surface area contributed by atoms with Gasteiger partial charge in [0.05, 0.1) is 0 Å². The molecule has 1 aliphatic rings. The Labute approximate surface area is 207 Å². The number of unbranched alkanes of at least 4 members (excludes halogenated alkanes) is 3. The second kappa shape index (κ2) is 12.9. The second-order valence-corrected chi connectivity index (χ2v) is 10.6. The highest BCUT2D eigenvalue weighted by atomic mass is 16.5. The second-order valence-electron chi connectivity index (χ2n) is 10.6. The first-order valence-corrected chi connectivity index (χ1v) is 13.4. The van der Waals surface area contributed by atoms with Crippen LogP contribution in [0.4, 0.5) is 0 Å². The summed E-state index contributed by atoms with van der Waals surface area (Å²) in [5, 5.41) is 0. The lowest BCUT2D eigenvalue weighted by Crippen LogP contribution is -2.27. The summed E-state index contributed by atoms with van der Waals surface area (Å²) in [6.45, 7) is 9.56. The molecular weight excluding hydrogens is 416 g/mol. The number of rotatable bonds is 12. The van der Waals surface area contributed by atoms with E-state index in [4.69, 9.17) is 4.74 Å². The SMILES string of the molecule is CC=CC[C@H]1C(=O)CCC[C@@H]1c1ccc(C(C)(C)CCCCCC)cc1OCc1ccccc1. The van der Waals surface area contributed by atoms with E-state index in [0.29, 0.717) is 18.8 Å². The number of hydrogen-bond donors (Lipinski definition) is 0. The van der Waals surface area contributed by atoms with Crippen molar-refractivity contribution >= 4 is 5.78 Å². The number of carbonyl (C=O) groups is 1. The molecule has 0 heterocycles. The van der Waals surface area contributed by atoms with Gasteiger partial charge in [-0.15, -0.1) is 0 Å². The van der Waals surface area contributed by atoms with E-state index in [1.54, 1.807) is 0 Å². The van der Waals surface area contributed by atoms with Crippen molar-refractivity contribution in [3.8, 4) is 5.75 Å². The molecule has 0 amide bonds. The van der Waals surface area contributed by atoms with Crippen molar-refractivity contribution in [1.82, 2.24) is 0 Å². The Balaban J connectivity index is 1.91. The number of benzene rings is 2. The molecule has 2 heteroatoms. The molecule has 0 bridgehead atoms. The number of Topliss-reactive ketones (excluding diaryl/α,β-unsaturated/α-hetero) is 1. The number of allylic oxidation sites excluding steroid dienone is 2. The van der Waals surface area contributed by atoms with Crippen LogP contribution in [0.25, 0.3) is 0 Å². The molecule has 2 nitrogen and oxygen atoms in total. The summed E-state index contributed by atoms with van der Waals surface area (Å²) in [6, 6.07) is 17.2. The van der Waals surface area contributed by atoms with E-state index in [-0.39, 0.29) is 17.3 Å². The van der Waals surface area contributed by atoms with Crippen molar-refractivity contribution in [3.63, 3.8) is 0 Å². The summed E-state index contributed by atoms with van der Waals surface area (Å²) in [7, 11) is 0. The van der Waals surface area contributed by atoms with Crippen LogP contribution in [0.2, 0.25) is 0 Å². The van der Waals surface area contributed by atoms with Gasteiger partial charge in [-0.05, 0) is 66.7 Å². The van der Waals surface area contributed by atoms with Crippen LogP contribution < -0.4 is 4.74 Å². The zero-order valence-corrected chi connectivity index (χ0v) is 21.8. The van der Waals surface area contributed by atoms with Gasteiger partial charge in [0.1, 0.15) is 18.1 Å². The van der Waals surface area contributed by atoms with E-state index in [9.17, 15) is 4.79 Å². The molecule has 2 atom stereocenters. The van der Waals surface area contributed by atoms with Gasteiger partial charge in [0.2, 0.25) is 0 Å². The summed E-state index contributed by atoms with van der Waals surface area (Å²) in [6.07, 6.45) is 14.1. The third-order valence-electron chi connectivity index (χ3n) is 7.55. The fourth-order valence-electron chi connectivity index (χ4n) is 5.32. The lowest BCUT2D eigenvalue weighted by molar-refractivity contribution is -0.125. The Kier molecular flexibility index (Phi) is 9.99. The predicted molar refractivity (Wildman–Crippen MR) is 144 cm³/mol. The fraction of sp³-hybridized carbons (Fsp3) is 0.531. The van der Waals surface area contributed by atoms with Gasteiger partial charge in [-0.2, -0.15) is 0 Å². The fourth-order valence-corrected chi connectivity index (χ4v) is 5.32. The molecule has 1 fully saturated rings. The van der Waals surface area contributed by atoms with Crippen LogP contribution >= 0.6 is 0 Å². The number of carbonyl (C=O) groups excluding carboxylic acids is 1. The average Bonchev–Trinajstić information content (AvgIpc) is 2.85. The van der Waals surface area contributed by atoms with E-state index < -0.39 is 0 Å². The van der Waals surface area contributed by atoms with Crippen molar-refractivity contribution in [1.29, 1.82) is 0 Å². The normalized spacial score (nSPS) is 19.0. The maximum atomic E-state index is 12.9. The van der Waals surface area contributed by atoms with Crippen molar-refractivity contribution < 1.29 is 9.53 Å². The summed E-state index contributed by atoms with van der Waals surface area (Å²) in [5.74, 6) is 1.65. The lowest BCUT2D eigenvalue weighted by Gasteiger charge is -2.33. The maximum Gasteiger partial charge on any atom is 0.136 e. The van der Waals surface area contributed by atoms with Gasteiger partial charge in [0.15, 0.2) is 0 Å². The molecule has 0 spiro atoms. The molecule has 0 unspecified atom stereocenters. The van der Waals surface area contributed by atoms with Gasteiger partial charge in [-0.3, -0.25) is 4.79 Å². The third-order valence-corrected chi connectivity index (χ3v) is 7.55. The first kappa shape index (κ1) is 26.3. The van der Waals surface area contributed by atoms with Crippen molar-refractivity contribution in [3.05, 3.63) is 77.4 Å². The summed E-state index contributed by atoms with van der Waals surface area (Å²) in [5.41, 5.74) is 3.82. The van der Waals surface area contributed by atoms with Gasteiger partial charge in [-0.25, -0.2) is 0 Å². The van der Waals surface area contributed by atoms with Crippen LogP contribution in [0.5, 0.6) is 5.75 Å². The molecule has 0 aromatic heterocycles. The molecule has 0 aliphatic heterocycles. The molecular formula is C32H44O2. The summed E-state index contributed by atoms with van der Waals surface area (Å²) >= 11 is 0. The van der Waals surface area contributed by atoms with E-state index in [2.05, 4.69) is 75.4 Å². The molecule has 0 saturated heterocycles. The van der Waals surface area contributed by atoms with Crippen LogP contribution in [-0.4, -0.2) is 5.78 Å². The standard InChI is InChI=1S/C32H44O2/c1-5-7-9-13-22-32(3,4)26-20-21-29(27-18-14-19-30(33)28(27)17-8-6-2)31(23-26)34-24-25-15-11-10-12-16-25/h6,8,10-12,15-16,20-21,23,27-28H,5,7,9,13-14,17-19,22,24H2,1-4H3/t27-,28+/m0/s1. The largest absolute Gasteiger partial charge is 0.489 e. The number of hydrogen-bond acceptors (Lipinski definition) is 2. The highest BCUT2D eigenvalue weighted by molar-refractivity contribution is 5.83. The zero-order valence-electron chi connectivity index (χ0n) is 21.8. The van der Waals surface area contributed by atoms with E-state index in [1.165, 1.54) is 48.8 Å². The Morgan fingerprint density at radius 1 is 1.06 bits per heavy atom. The Morgan fingerprint density at radius 3 is 2.59 bits per heavy atom. The van der Waals surface area contributed by atoms with Crippen molar-refractivity contribution in [2.75, 3.05) is 0 Å². The first-order chi connectivity index (χ1) is 16.5. The minimum Gasteiger partial charge on any atom is -0.489 e. The van der Waals surface area contributed by atoms with E-state index in [0.717, 1.165) is 25.0 Å². The lowest BCUT2D eigenvalue weighted by atomic mass is 9.72. The van der Waals surface area contributed by atoms with E-state index in [1.807, 2.05) is 13.0 Å². The first-order valence-electron chi connectivity index (χ1n) is 13.4. The topological polar surface area (TPSA) is 26.3 Å². The van der Waals surface area contributed by atoms with Crippen molar-refractivity contribution in [2.24, 2.45) is 5.92 Å². The molecule has 0 radical (unpaired) electrons. The molecule has 0 N–H and O–H groups in total. The highest BCUT2D eigenvalue weighted by Gasteiger charge is 2.34. The van der Waals surface area contributed by atoms with Gasteiger partial charge >= 0.3 is 0 Å². The molecule has 1 aliphatic carbocycles. The Morgan fingerprint density at radius 2 is 1.85 bits per heavy atom. The predicted octanol–water partition coefficient (Wildman–Crippen LogP) is 8.93. The molecule has 184 valence electrons. The van der Waals surface area contributed by atoms with Crippen molar-refractivity contribution in [2.45, 2.75) is 103 Å². The quantitative estimate of drug-likeness (QED) is 0.233. The summed E-state index contributed by atoms with van der Waals surface area (Å²) in [4.78, 5) is 12.9. The molecule has 3 rings (SSSR count). The zero-order chi connectivity index (χ0) is 24.4. The smallest absolute Gasteiger partial charge is 0.136 e. The number of ketones is 1. The van der Waals surface area contributed by atoms with Crippen LogP contribution in [0.15, 0.2) is 60.7 Å². The Hall–Kier alpha value is -2.35.